The van der Waals surface area contributed by atoms with Crippen molar-refractivity contribution in [3.8, 4) is 11.8 Å². The van der Waals surface area contributed by atoms with Gasteiger partial charge in [-0.2, -0.15) is 5.26 Å². The average molecular weight is 446 g/mol. The molecule has 33 heavy (non-hydrogen) atoms. The Morgan fingerprint density at radius 1 is 1.03 bits per heavy atom. The van der Waals surface area contributed by atoms with Gasteiger partial charge in [-0.1, -0.05) is 18.2 Å². The highest BCUT2D eigenvalue weighted by atomic mass is 19.1. The lowest BCUT2D eigenvalue weighted by Gasteiger charge is -2.18. The van der Waals surface area contributed by atoms with E-state index in [1.165, 1.54) is 43.8 Å². The van der Waals surface area contributed by atoms with Crippen LogP contribution in [0.15, 0.2) is 54.9 Å². The second-order valence-electron chi connectivity index (χ2n) is 7.96. The summed E-state index contributed by atoms with van der Waals surface area (Å²) in [6.07, 6.45) is 3.00. The van der Waals surface area contributed by atoms with Crippen molar-refractivity contribution in [2.24, 2.45) is 0 Å². The fraction of sp³-hybridized carbons (Fsp3) is 0.200. The second kappa shape index (κ2) is 9.49. The van der Waals surface area contributed by atoms with Crippen molar-refractivity contribution in [3.63, 3.8) is 0 Å². The molecule has 168 valence electrons. The fourth-order valence-corrected chi connectivity index (χ4v) is 3.19. The molecule has 0 bridgehead atoms. The van der Waals surface area contributed by atoms with Gasteiger partial charge in [0.05, 0.1) is 42.2 Å². The number of aryl methyl sites for hydroxylation is 1. The van der Waals surface area contributed by atoms with Gasteiger partial charge in [0.2, 0.25) is 0 Å². The van der Waals surface area contributed by atoms with Gasteiger partial charge in [0.25, 0.3) is 11.8 Å². The molecule has 0 radical (unpaired) electrons. The molecule has 0 fully saturated rings. The minimum absolute atomic E-state index is 0.133. The number of carbonyl (C=O) groups is 2. The van der Waals surface area contributed by atoms with Crippen LogP contribution in [0.2, 0.25) is 0 Å². The van der Waals surface area contributed by atoms with Gasteiger partial charge in [-0.15, -0.1) is 0 Å². The van der Waals surface area contributed by atoms with E-state index in [9.17, 15) is 19.2 Å². The Bertz CT molecular complexity index is 1260. The maximum absolute atomic E-state index is 15.0. The number of pyridine rings is 1. The molecule has 7 nitrogen and oxygen atoms in total. The molecule has 1 heterocycles. The highest BCUT2D eigenvalue weighted by Gasteiger charge is 2.27. The van der Waals surface area contributed by atoms with Crippen LogP contribution in [-0.2, 0) is 5.41 Å². The Hall–Kier alpha value is -4.25. The molecule has 0 spiro atoms. The van der Waals surface area contributed by atoms with Crippen molar-refractivity contribution in [1.82, 2.24) is 4.98 Å². The van der Waals surface area contributed by atoms with Crippen molar-refractivity contribution in [2.75, 3.05) is 17.7 Å². The summed E-state index contributed by atoms with van der Waals surface area (Å²) in [5, 5.41) is 14.7. The first-order chi connectivity index (χ1) is 15.7. The summed E-state index contributed by atoms with van der Waals surface area (Å²) >= 11 is 0. The fourth-order valence-electron chi connectivity index (χ4n) is 3.19. The van der Waals surface area contributed by atoms with Gasteiger partial charge in [0.15, 0.2) is 0 Å². The molecule has 2 aromatic carbocycles. The molecule has 0 aliphatic heterocycles. The Kier molecular flexibility index (Phi) is 6.73. The molecule has 3 rings (SSSR count). The minimum atomic E-state index is -1.09. The SMILES string of the molecule is COc1cncc(NC(=O)c2cc(NC(=O)c3cccc(C(C)(C)C#N)c3F)ccc2C)c1. The lowest BCUT2D eigenvalue weighted by Crippen LogP contribution is -2.21. The first-order valence-electron chi connectivity index (χ1n) is 10.1. The summed E-state index contributed by atoms with van der Waals surface area (Å²) in [7, 11) is 1.50. The van der Waals surface area contributed by atoms with E-state index in [-0.39, 0.29) is 11.1 Å². The van der Waals surface area contributed by atoms with Crippen LogP contribution in [0.25, 0.3) is 0 Å². The number of rotatable bonds is 6. The van der Waals surface area contributed by atoms with E-state index in [0.29, 0.717) is 28.3 Å². The number of anilines is 2. The molecule has 0 aliphatic carbocycles. The first kappa shape index (κ1) is 23.4. The maximum atomic E-state index is 15.0. The number of methoxy groups -OCH3 is 1. The monoisotopic (exact) mass is 446 g/mol. The quantitative estimate of drug-likeness (QED) is 0.564. The van der Waals surface area contributed by atoms with Crippen LogP contribution in [0.5, 0.6) is 5.75 Å². The van der Waals surface area contributed by atoms with Crippen LogP contribution in [0.1, 0.15) is 45.7 Å². The number of nitriles is 1. The molecule has 0 unspecified atom stereocenters. The third-order valence-electron chi connectivity index (χ3n) is 5.14. The van der Waals surface area contributed by atoms with E-state index < -0.39 is 23.0 Å². The Labute approximate surface area is 191 Å². The normalized spacial score (nSPS) is 10.8. The molecule has 2 amide bonds. The first-order valence-corrected chi connectivity index (χ1v) is 10.1. The molecule has 3 aromatic rings. The zero-order chi connectivity index (χ0) is 24.2. The second-order valence-corrected chi connectivity index (χ2v) is 7.96. The summed E-state index contributed by atoms with van der Waals surface area (Å²) in [6, 6.07) is 12.8. The van der Waals surface area contributed by atoms with Gasteiger partial charge in [-0.05, 0) is 44.5 Å². The van der Waals surface area contributed by atoms with Crippen molar-refractivity contribution in [2.45, 2.75) is 26.2 Å². The topological polar surface area (TPSA) is 104 Å². The molecule has 1 aromatic heterocycles. The number of nitrogens with zero attached hydrogens (tertiary/aromatic N) is 2. The lowest BCUT2D eigenvalue weighted by molar-refractivity contribution is 0.101. The number of benzene rings is 2. The van der Waals surface area contributed by atoms with Crippen molar-refractivity contribution < 1.29 is 18.7 Å². The predicted octanol–water partition coefficient (Wildman–Crippen LogP) is 4.84. The zero-order valence-corrected chi connectivity index (χ0v) is 18.7. The van der Waals surface area contributed by atoms with Crippen molar-refractivity contribution in [3.05, 3.63) is 82.9 Å². The van der Waals surface area contributed by atoms with Crippen molar-refractivity contribution >= 4 is 23.2 Å². The summed E-state index contributed by atoms with van der Waals surface area (Å²) in [6.45, 7) is 4.92. The van der Waals surface area contributed by atoms with Gasteiger partial charge in [-0.3, -0.25) is 14.6 Å². The summed E-state index contributed by atoms with van der Waals surface area (Å²) in [5.41, 5.74) is 0.639. The lowest BCUT2D eigenvalue weighted by atomic mass is 9.85. The summed E-state index contributed by atoms with van der Waals surface area (Å²) in [4.78, 5) is 29.6. The number of carbonyl (C=O) groups excluding carboxylic acids is 2. The van der Waals surface area contributed by atoms with E-state index >= 15 is 0 Å². The molecular formula is C25H23FN4O3. The van der Waals surface area contributed by atoms with Crippen LogP contribution in [0, 0.1) is 24.1 Å². The van der Waals surface area contributed by atoms with E-state index in [4.69, 9.17) is 4.74 Å². The van der Waals surface area contributed by atoms with Crippen LogP contribution < -0.4 is 15.4 Å². The van der Waals surface area contributed by atoms with E-state index in [0.717, 1.165) is 0 Å². The Morgan fingerprint density at radius 2 is 1.73 bits per heavy atom. The van der Waals surface area contributed by atoms with Crippen LogP contribution >= 0.6 is 0 Å². The standard InChI is InChI=1S/C25H23FN4O3/c1-15-8-9-16(11-20(15)24(32)30-17-10-18(33-4)13-28-12-17)29-23(31)19-6-5-7-21(22(19)26)25(2,3)14-27/h5-13H,1-4H3,(H,29,31)(H,30,32). The number of ether oxygens (including phenoxy) is 1. The molecule has 0 saturated carbocycles. The molecule has 0 saturated heterocycles. The highest BCUT2D eigenvalue weighted by molar-refractivity contribution is 6.08. The van der Waals surface area contributed by atoms with E-state index in [1.807, 2.05) is 6.07 Å². The van der Waals surface area contributed by atoms with Gasteiger partial charge >= 0.3 is 0 Å². The molecular weight excluding hydrogens is 423 g/mol. The average Bonchev–Trinajstić information content (AvgIpc) is 2.80. The molecule has 0 atom stereocenters. The van der Waals surface area contributed by atoms with Crippen LogP contribution in [0.4, 0.5) is 15.8 Å². The third kappa shape index (κ3) is 5.15. The van der Waals surface area contributed by atoms with Gasteiger partial charge in [0, 0.05) is 22.9 Å². The molecule has 2 N–H and O–H groups in total. The molecule has 0 aliphatic rings. The number of hydrogen-bond donors (Lipinski definition) is 2. The maximum Gasteiger partial charge on any atom is 0.258 e. The predicted molar refractivity (Wildman–Crippen MR) is 123 cm³/mol. The highest BCUT2D eigenvalue weighted by Crippen LogP contribution is 2.27. The summed E-state index contributed by atoms with van der Waals surface area (Å²) < 4.78 is 20.1. The van der Waals surface area contributed by atoms with Crippen LogP contribution in [0.3, 0.4) is 0 Å². The smallest absolute Gasteiger partial charge is 0.258 e. The largest absolute Gasteiger partial charge is 0.495 e. The van der Waals surface area contributed by atoms with Gasteiger partial charge in [-0.25, -0.2) is 4.39 Å². The molecule has 8 heteroatoms. The van der Waals surface area contributed by atoms with Crippen molar-refractivity contribution in [1.29, 1.82) is 5.26 Å². The van der Waals surface area contributed by atoms with E-state index in [1.54, 1.807) is 39.0 Å². The Morgan fingerprint density at radius 3 is 2.42 bits per heavy atom. The Balaban J connectivity index is 1.84. The van der Waals surface area contributed by atoms with E-state index in [2.05, 4.69) is 15.6 Å². The number of nitrogens with one attached hydrogen (secondary N) is 2. The van der Waals surface area contributed by atoms with Gasteiger partial charge in [0.1, 0.15) is 11.6 Å². The third-order valence-corrected chi connectivity index (χ3v) is 5.14. The minimum Gasteiger partial charge on any atom is -0.495 e. The number of halogens is 1. The van der Waals surface area contributed by atoms with Crippen LogP contribution in [-0.4, -0.2) is 23.9 Å². The zero-order valence-electron chi connectivity index (χ0n) is 18.7. The number of amides is 2. The van der Waals surface area contributed by atoms with Gasteiger partial charge < -0.3 is 15.4 Å². The summed E-state index contributed by atoms with van der Waals surface area (Å²) in [5.74, 6) is -1.34. The number of hydrogen-bond acceptors (Lipinski definition) is 5. The number of aromatic nitrogens is 1.